The number of rotatable bonds is 5. The van der Waals surface area contributed by atoms with Crippen molar-refractivity contribution in [3.05, 3.63) is 27.3 Å². The third kappa shape index (κ3) is 3.87. The second-order valence-electron chi connectivity index (χ2n) is 4.51. The van der Waals surface area contributed by atoms with Gasteiger partial charge < -0.3 is 10.4 Å². The van der Waals surface area contributed by atoms with Crippen LogP contribution in [0.2, 0.25) is 0 Å². The number of nitrogens with one attached hydrogen (secondary N) is 1. The lowest BCUT2D eigenvalue weighted by Crippen LogP contribution is -2.24. The van der Waals surface area contributed by atoms with Crippen molar-refractivity contribution in [3.8, 4) is 5.75 Å². The lowest BCUT2D eigenvalue weighted by molar-refractivity contribution is 0.0952. The predicted octanol–water partition coefficient (Wildman–Crippen LogP) is 2.92. The first-order chi connectivity index (χ1) is 8.16. The first-order valence-electron chi connectivity index (χ1n) is 5.93. The summed E-state index contributed by atoms with van der Waals surface area (Å²) in [6.45, 7) is 0.724. The molecule has 92 valence electrons. The average molecular weight is 345 g/mol. The van der Waals surface area contributed by atoms with E-state index in [9.17, 15) is 9.90 Å². The van der Waals surface area contributed by atoms with Crippen LogP contribution in [0.4, 0.5) is 0 Å². The molecule has 3 nitrogen and oxygen atoms in total. The zero-order valence-electron chi connectivity index (χ0n) is 9.58. The van der Waals surface area contributed by atoms with E-state index in [1.807, 2.05) is 22.6 Å². The SMILES string of the molecule is O=C(NCCCC1CC1)c1ccc(I)c(O)c1. The Morgan fingerprint density at radius 1 is 1.47 bits per heavy atom. The molecule has 1 aromatic rings. The number of hydrogen-bond donors (Lipinski definition) is 2. The van der Waals surface area contributed by atoms with E-state index in [-0.39, 0.29) is 11.7 Å². The number of phenols is 1. The molecule has 1 aromatic carbocycles. The maximum absolute atomic E-state index is 11.7. The normalized spacial score (nSPS) is 14.6. The molecular formula is C13H16INO2. The van der Waals surface area contributed by atoms with Crippen molar-refractivity contribution >= 4 is 28.5 Å². The Labute approximate surface area is 115 Å². The summed E-state index contributed by atoms with van der Waals surface area (Å²) in [7, 11) is 0. The maximum Gasteiger partial charge on any atom is 0.251 e. The van der Waals surface area contributed by atoms with Crippen LogP contribution in [0, 0.1) is 9.49 Å². The Hall–Kier alpha value is -0.780. The fraction of sp³-hybridized carbons (Fsp3) is 0.462. The Morgan fingerprint density at radius 3 is 2.88 bits per heavy atom. The lowest BCUT2D eigenvalue weighted by Gasteiger charge is -2.06. The number of phenolic OH excluding ortho intramolecular Hbond substituents is 1. The van der Waals surface area contributed by atoms with Crippen LogP contribution in [0.3, 0.4) is 0 Å². The predicted molar refractivity (Wildman–Crippen MR) is 75.1 cm³/mol. The fourth-order valence-electron chi connectivity index (χ4n) is 1.76. The minimum atomic E-state index is -0.104. The molecular weight excluding hydrogens is 329 g/mol. The van der Waals surface area contributed by atoms with Gasteiger partial charge in [0.1, 0.15) is 5.75 Å². The number of hydrogen-bond acceptors (Lipinski definition) is 2. The summed E-state index contributed by atoms with van der Waals surface area (Å²) in [5.41, 5.74) is 0.523. The molecule has 4 heteroatoms. The van der Waals surface area contributed by atoms with Crippen molar-refractivity contribution in [3.63, 3.8) is 0 Å². The standard InChI is InChI=1S/C13H16INO2/c14-11-6-5-10(8-12(11)16)13(17)15-7-1-2-9-3-4-9/h5-6,8-9,16H,1-4,7H2,(H,15,17). The van der Waals surface area contributed by atoms with Gasteiger partial charge in [0.05, 0.1) is 3.57 Å². The molecule has 1 amide bonds. The lowest BCUT2D eigenvalue weighted by atomic mass is 10.2. The van der Waals surface area contributed by atoms with E-state index in [2.05, 4.69) is 5.32 Å². The largest absolute Gasteiger partial charge is 0.507 e. The maximum atomic E-state index is 11.7. The van der Waals surface area contributed by atoms with Gasteiger partial charge >= 0.3 is 0 Å². The van der Waals surface area contributed by atoms with Crippen molar-refractivity contribution < 1.29 is 9.90 Å². The average Bonchev–Trinajstić information content (AvgIpc) is 3.12. The fourth-order valence-corrected chi connectivity index (χ4v) is 2.09. The van der Waals surface area contributed by atoms with Gasteiger partial charge in [-0.2, -0.15) is 0 Å². The van der Waals surface area contributed by atoms with Crippen LogP contribution in [0.1, 0.15) is 36.0 Å². The minimum absolute atomic E-state index is 0.104. The van der Waals surface area contributed by atoms with Crippen LogP contribution in [0.5, 0.6) is 5.75 Å². The van der Waals surface area contributed by atoms with Crippen molar-refractivity contribution in [1.82, 2.24) is 5.32 Å². The van der Waals surface area contributed by atoms with Crippen molar-refractivity contribution in [2.75, 3.05) is 6.54 Å². The van der Waals surface area contributed by atoms with E-state index in [0.717, 1.165) is 22.5 Å². The zero-order valence-corrected chi connectivity index (χ0v) is 11.7. The molecule has 0 heterocycles. The van der Waals surface area contributed by atoms with Crippen molar-refractivity contribution in [1.29, 1.82) is 0 Å². The summed E-state index contributed by atoms with van der Waals surface area (Å²) >= 11 is 2.03. The summed E-state index contributed by atoms with van der Waals surface area (Å²) in [5, 5.41) is 12.4. The molecule has 0 unspecified atom stereocenters. The van der Waals surface area contributed by atoms with Crippen LogP contribution in [-0.4, -0.2) is 17.6 Å². The monoisotopic (exact) mass is 345 g/mol. The molecule has 0 bridgehead atoms. The summed E-state index contributed by atoms with van der Waals surface area (Å²) in [6.07, 6.45) is 4.99. The Morgan fingerprint density at radius 2 is 2.24 bits per heavy atom. The van der Waals surface area contributed by atoms with Gasteiger partial charge in [-0.1, -0.05) is 12.8 Å². The first kappa shape index (κ1) is 12.7. The van der Waals surface area contributed by atoms with E-state index in [0.29, 0.717) is 5.56 Å². The molecule has 1 fully saturated rings. The Balaban J connectivity index is 1.79. The summed E-state index contributed by atoms with van der Waals surface area (Å²) in [6, 6.07) is 4.99. The van der Waals surface area contributed by atoms with Crippen LogP contribution in [0.25, 0.3) is 0 Å². The van der Waals surface area contributed by atoms with Crippen molar-refractivity contribution in [2.24, 2.45) is 5.92 Å². The van der Waals surface area contributed by atoms with Gasteiger partial charge in [0.15, 0.2) is 0 Å². The van der Waals surface area contributed by atoms with Crippen molar-refractivity contribution in [2.45, 2.75) is 25.7 Å². The summed E-state index contributed by atoms with van der Waals surface area (Å²) < 4.78 is 0.757. The van der Waals surface area contributed by atoms with Gasteiger partial charge in [-0.3, -0.25) is 4.79 Å². The molecule has 0 aromatic heterocycles. The van der Waals surface area contributed by atoms with Gasteiger partial charge in [0, 0.05) is 12.1 Å². The quantitative estimate of drug-likeness (QED) is 0.637. The second-order valence-corrected chi connectivity index (χ2v) is 5.67. The number of carbonyl (C=O) groups excluding carboxylic acids is 1. The molecule has 0 atom stereocenters. The van der Waals surface area contributed by atoms with Crippen LogP contribution in [0.15, 0.2) is 18.2 Å². The molecule has 0 saturated heterocycles. The highest BCUT2D eigenvalue weighted by Gasteiger charge is 2.20. The van der Waals surface area contributed by atoms with E-state index < -0.39 is 0 Å². The molecule has 0 spiro atoms. The molecule has 2 N–H and O–H groups in total. The highest BCUT2D eigenvalue weighted by atomic mass is 127. The number of aromatic hydroxyl groups is 1. The molecule has 1 saturated carbocycles. The third-order valence-electron chi connectivity index (χ3n) is 2.98. The third-order valence-corrected chi connectivity index (χ3v) is 3.89. The van der Waals surface area contributed by atoms with Gasteiger partial charge in [-0.25, -0.2) is 0 Å². The highest BCUT2D eigenvalue weighted by molar-refractivity contribution is 14.1. The van der Waals surface area contributed by atoms with E-state index in [1.54, 1.807) is 12.1 Å². The Bertz CT molecular complexity index is 416. The number of amides is 1. The van der Waals surface area contributed by atoms with Crippen LogP contribution < -0.4 is 5.32 Å². The molecule has 2 rings (SSSR count). The van der Waals surface area contributed by atoms with Crippen LogP contribution in [-0.2, 0) is 0 Å². The minimum Gasteiger partial charge on any atom is -0.507 e. The van der Waals surface area contributed by atoms with Gasteiger partial charge in [-0.05, 0) is 59.5 Å². The summed E-state index contributed by atoms with van der Waals surface area (Å²) in [4.78, 5) is 11.7. The number of benzene rings is 1. The molecule has 17 heavy (non-hydrogen) atoms. The van der Waals surface area contributed by atoms with E-state index in [4.69, 9.17) is 0 Å². The zero-order chi connectivity index (χ0) is 12.3. The molecule has 0 radical (unpaired) electrons. The Kier molecular flexibility index (Phi) is 4.25. The topological polar surface area (TPSA) is 49.3 Å². The van der Waals surface area contributed by atoms with Crippen LogP contribution >= 0.6 is 22.6 Å². The van der Waals surface area contributed by atoms with Gasteiger partial charge in [-0.15, -0.1) is 0 Å². The number of halogens is 1. The second kappa shape index (κ2) is 5.71. The molecule has 0 aliphatic heterocycles. The smallest absolute Gasteiger partial charge is 0.251 e. The number of carbonyl (C=O) groups is 1. The first-order valence-corrected chi connectivity index (χ1v) is 7.01. The molecule has 1 aliphatic carbocycles. The van der Waals surface area contributed by atoms with E-state index >= 15 is 0 Å². The summed E-state index contributed by atoms with van der Waals surface area (Å²) in [5.74, 6) is 0.970. The molecule has 1 aliphatic rings. The van der Waals surface area contributed by atoms with E-state index in [1.165, 1.54) is 25.3 Å². The highest BCUT2D eigenvalue weighted by Crippen LogP contribution is 2.33. The van der Waals surface area contributed by atoms with Gasteiger partial charge in [0.2, 0.25) is 0 Å². The van der Waals surface area contributed by atoms with Gasteiger partial charge in [0.25, 0.3) is 5.91 Å².